The first kappa shape index (κ1) is 32.7. The van der Waals surface area contributed by atoms with Gasteiger partial charge in [0.05, 0.1) is 32.4 Å². The molecule has 0 aromatic carbocycles. The highest BCUT2D eigenvalue weighted by Crippen LogP contribution is 2.19. The van der Waals surface area contributed by atoms with Gasteiger partial charge in [0.2, 0.25) is 11.8 Å². The molecule has 1 rings (SSSR count). The van der Waals surface area contributed by atoms with E-state index in [4.69, 9.17) is 15.2 Å². The fourth-order valence-corrected chi connectivity index (χ4v) is 3.51. The molecule has 1 aliphatic heterocycles. The number of hydrogen-bond donors (Lipinski definition) is 4. The molecular weight excluding hydrogens is 498 g/mol. The number of amides is 6. The summed E-state index contributed by atoms with van der Waals surface area (Å²) in [5.41, 5.74) is 4.36. The second kappa shape index (κ2) is 15.8. The average molecular weight is 540 g/mol. The molecule has 1 aliphatic rings. The van der Waals surface area contributed by atoms with Crippen LogP contribution in [-0.4, -0.2) is 91.9 Å². The van der Waals surface area contributed by atoms with Crippen LogP contribution < -0.4 is 21.7 Å². The van der Waals surface area contributed by atoms with Gasteiger partial charge >= 0.3 is 6.03 Å². The summed E-state index contributed by atoms with van der Waals surface area (Å²) in [6, 6.07) is -2.37. The Morgan fingerprint density at radius 1 is 0.974 bits per heavy atom. The lowest BCUT2D eigenvalue weighted by Gasteiger charge is -2.28. The van der Waals surface area contributed by atoms with Crippen molar-refractivity contribution in [2.75, 3.05) is 39.5 Å². The Kier molecular flexibility index (Phi) is 13.6. The largest absolute Gasteiger partial charge is 0.377 e. The number of nitrogens with one attached hydrogen (secondary N) is 3. The van der Waals surface area contributed by atoms with E-state index in [1.165, 1.54) is 12.2 Å². The Labute approximate surface area is 223 Å². The van der Waals surface area contributed by atoms with Crippen molar-refractivity contribution in [1.29, 1.82) is 0 Å². The summed E-state index contributed by atoms with van der Waals surface area (Å²) in [4.78, 5) is 73.2. The van der Waals surface area contributed by atoms with Gasteiger partial charge in [-0.3, -0.25) is 28.9 Å². The minimum Gasteiger partial charge on any atom is -0.377 e. The summed E-state index contributed by atoms with van der Waals surface area (Å²) in [7, 11) is 0. The third kappa shape index (κ3) is 11.8. The number of ketones is 1. The van der Waals surface area contributed by atoms with Crippen LogP contribution in [-0.2, 0) is 33.4 Å². The maximum atomic E-state index is 13.0. The van der Waals surface area contributed by atoms with Crippen LogP contribution >= 0.6 is 0 Å². The van der Waals surface area contributed by atoms with Gasteiger partial charge < -0.3 is 31.2 Å². The molecule has 5 N–H and O–H groups in total. The first-order valence-corrected chi connectivity index (χ1v) is 12.6. The lowest BCUT2D eigenvalue weighted by molar-refractivity contribution is -0.138. The predicted molar refractivity (Wildman–Crippen MR) is 137 cm³/mol. The summed E-state index contributed by atoms with van der Waals surface area (Å²) >= 11 is 0. The normalized spacial score (nSPS) is 14.9. The number of carbonyl (C=O) groups excluding carboxylic acids is 6. The molecule has 2 atom stereocenters. The number of ether oxygens (including phenoxy) is 2. The maximum absolute atomic E-state index is 13.0. The van der Waals surface area contributed by atoms with Crippen LogP contribution in [0, 0.1) is 11.3 Å². The molecule has 1 heterocycles. The Balaban J connectivity index is 2.49. The van der Waals surface area contributed by atoms with E-state index in [2.05, 4.69) is 16.0 Å². The summed E-state index contributed by atoms with van der Waals surface area (Å²) in [6.45, 7) is 9.23. The number of imide groups is 1. The standard InChI is InChI=1S/C25H41N5O8/c1-16(2)21(23(35)28-17(22(34)25(3,4)5)7-6-10-27-24(26)36)29-18(31)15-38-14-13-37-12-11-30-19(32)8-9-20(30)33/h8-9,16-17,21H,6-7,10-15H2,1-5H3,(H,28,35)(H,29,31)(H3,26,27,36)/t17-,21-/m0/s1. The second-order valence-corrected chi connectivity index (χ2v) is 10.2. The van der Waals surface area contributed by atoms with Gasteiger partial charge in [0.25, 0.3) is 11.8 Å². The summed E-state index contributed by atoms with van der Waals surface area (Å²) < 4.78 is 10.6. The quantitative estimate of drug-likeness (QED) is 0.142. The molecule has 214 valence electrons. The van der Waals surface area contributed by atoms with Crippen LogP contribution in [0.2, 0.25) is 0 Å². The Bertz CT molecular complexity index is 879. The number of hydrogen-bond acceptors (Lipinski definition) is 8. The van der Waals surface area contributed by atoms with Crippen molar-refractivity contribution in [2.45, 2.75) is 59.5 Å². The van der Waals surface area contributed by atoms with Crippen molar-refractivity contribution < 1.29 is 38.2 Å². The Morgan fingerprint density at radius 3 is 2.13 bits per heavy atom. The SMILES string of the molecule is CC(C)[C@H](NC(=O)COCCOCCN1C(=O)C=CC1=O)C(=O)N[C@@H](CCCNC(N)=O)C(=O)C(C)(C)C. The first-order chi connectivity index (χ1) is 17.7. The van der Waals surface area contributed by atoms with Crippen molar-refractivity contribution in [3.63, 3.8) is 0 Å². The van der Waals surface area contributed by atoms with E-state index >= 15 is 0 Å². The second-order valence-electron chi connectivity index (χ2n) is 10.2. The number of nitrogens with two attached hydrogens (primary N) is 1. The number of carbonyl (C=O) groups is 6. The van der Waals surface area contributed by atoms with Gasteiger partial charge in [-0.15, -0.1) is 0 Å². The Hall–Kier alpha value is -3.32. The zero-order chi connectivity index (χ0) is 28.9. The maximum Gasteiger partial charge on any atom is 0.312 e. The first-order valence-electron chi connectivity index (χ1n) is 12.6. The average Bonchev–Trinajstić information content (AvgIpc) is 3.14. The van der Waals surface area contributed by atoms with Crippen LogP contribution in [0.4, 0.5) is 4.79 Å². The molecular formula is C25H41N5O8. The number of urea groups is 1. The molecule has 0 spiro atoms. The van der Waals surface area contributed by atoms with Gasteiger partial charge in [-0.05, 0) is 18.8 Å². The summed E-state index contributed by atoms with van der Waals surface area (Å²) in [5, 5.41) is 7.85. The topological polar surface area (TPSA) is 186 Å². The molecule has 0 aliphatic carbocycles. The zero-order valence-corrected chi connectivity index (χ0v) is 22.8. The molecule has 13 heteroatoms. The molecule has 0 radical (unpaired) electrons. The number of Topliss-reactive ketones (excluding diaryl/α,β-unsaturated/α-hetero) is 1. The smallest absolute Gasteiger partial charge is 0.312 e. The molecule has 0 bridgehead atoms. The van der Waals surface area contributed by atoms with Gasteiger partial charge in [0, 0.05) is 24.1 Å². The van der Waals surface area contributed by atoms with E-state index < -0.39 is 35.3 Å². The fourth-order valence-electron chi connectivity index (χ4n) is 3.51. The van der Waals surface area contributed by atoms with Gasteiger partial charge in [0.1, 0.15) is 12.6 Å². The minimum absolute atomic E-state index is 0.0909. The van der Waals surface area contributed by atoms with E-state index in [0.29, 0.717) is 12.8 Å². The lowest BCUT2D eigenvalue weighted by atomic mass is 9.84. The minimum atomic E-state index is -0.898. The lowest BCUT2D eigenvalue weighted by Crippen LogP contribution is -2.55. The highest BCUT2D eigenvalue weighted by atomic mass is 16.5. The highest BCUT2D eigenvalue weighted by molar-refractivity contribution is 6.12. The molecule has 0 saturated carbocycles. The molecule has 0 saturated heterocycles. The van der Waals surface area contributed by atoms with Crippen molar-refractivity contribution in [3.8, 4) is 0 Å². The third-order valence-corrected chi connectivity index (χ3v) is 5.57. The van der Waals surface area contributed by atoms with Gasteiger partial charge in [-0.25, -0.2) is 4.79 Å². The van der Waals surface area contributed by atoms with Crippen LogP contribution in [0.1, 0.15) is 47.5 Å². The van der Waals surface area contributed by atoms with Crippen LogP contribution in [0.3, 0.4) is 0 Å². The molecule has 0 unspecified atom stereocenters. The zero-order valence-electron chi connectivity index (χ0n) is 22.8. The van der Waals surface area contributed by atoms with Crippen LogP contribution in [0.15, 0.2) is 12.2 Å². The van der Waals surface area contributed by atoms with E-state index in [-0.39, 0.29) is 63.0 Å². The molecule has 6 amide bonds. The summed E-state index contributed by atoms with van der Waals surface area (Å²) in [6.07, 6.45) is 3.11. The molecule has 0 fully saturated rings. The van der Waals surface area contributed by atoms with Crippen molar-refractivity contribution in [2.24, 2.45) is 17.1 Å². The van der Waals surface area contributed by atoms with Crippen molar-refractivity contribution >= 4 is 35.4 Å². The number of primary amides is 1. The van der Waals surface area contributed by atoms with E-state index in [9.17, 15) is 28.8 Å². The van der Waals surface area contributed by atoms with Crippen LogP contribution in [0.25, 0.3) is 0 Å². The summed E-state index contributed by atoms with van der Waals surface area (Å²) in [5.74, 6) is -2.22. The van der Waals surface area contributed by atoms with Crippen LogP contribution in [0.5, 0.6) is 0 Å². The van der Waals surface area contributed by atoms with Gasteiger partial charge in [0.15, 0.2) is 5.78 Å². The van der Waals surface area contributed by atoms with E-state index in [1.54, 1.807) is 34.6 Å². The molecule has 38 heavy (non-hydrogen) atoms. The van der Waals surface area contributed by atoms with Gasteiger partial charge in [-0.2, -0.15) is 0 Å². The molecule has 0 aromatic heterocycles. The van der Waals surface area contributed by atoms with Gasteiger partial charge in [-0.1, -0.05) is 34.6 Å². The van der Waals surface area contributed by atoms with Crippen molar-refractivity contribution in [3.05, 3.63) is 12.2 Å². The number of rotatable bonds is 17. The molecule has 0 aromatic rings. The van der Waals surface area contributed by atoms with Crippen molar-refractivity contribution in [1.82, 2.24) is 20.9 Å². The third-order valence-electron chi connectivity index (χ3n) is 5.57. The molecule has 13 nitrogen and oxygen atoms in total. The fraction of sp³-hybridized carbons (Fsp3) is 0.680. The number of nitrogens with zero attached hydrogens (tertiary/aromatic N) is 1. The predicted octanol–water partition coefficient (Wildman–Crippen LogP) is -0.366. The van der Waals surface area contributed by atoms with E-state index in [1.807, 2.05) is 0 Å². The van der Waals surface area contributed by atoms with E-state index in [0.717, 1.165) is 4.90 Å². The highest BCUT2D eigenvalue weighted by Gasteiger charge is 2.33. The monoisotopic (exact) mass is 539 g/mol. The Morgan fingerprint density at radius 2 is 1.58 bits per heavy atom.